The van der Waals surface area contributed by atoms with Crippen molar-refractivity contribution in [3.05, 3.63) is 30.1 Å². The van der Waals surface area contributed by atoms with Gasteiger partial charge in [-0.05, 0) is 46.1 Å². The molecule has 0 radical (unpaired) electrons. The van der Waals surface area contributed by atoms with Crippen LogP contribution in [0.25, 0.3) is 10.9 Å². The third-order valence-corrected chi connectivity index (χ3v) is 6.00. The quantitative estimate of drug-likeness (QED) is 0.545. The molecule has 0 spiro atoms. The molecular formula is C19H22F3N3OS. The zero-order valence-electron chi connectivity index (χ0n) is 15.5. The smallest absolute Gasteiger partial charge is 0.336 e. The molecule has 1 aromatic heterocycles. The Morgan fingerprint density at radius 1 is 1.19 bits per heavy atom. The number of amides is 1. The minimum Gasteiger partial charge on any atom is -0.336 e. The Hall–Kier alpha value is -1.83. The second kappa shape index (κ2) is 7.66. The number of carbonyl (C=O) groups excluding carboxylic acids is 1. The van der Waals surface area contributed by atoms with Gasteiger partial charge < -0.3 is 4.90 Å². The second-order valence-corrected chi connectivity index (χ2v) is 8.33. The van der Waals surface area contributed by atoms with E-state index in [2.05, 4.69) is 9.97 Å². The van der Waals surface area contributed by atoms with E-state index in [0.717, 1.165) is 31.0 Å². The highest BCUT2D eigenvalue weighted by atomic mass is 32.2. The van der Waals surface area contributed by atoms with E-state index < -0.39 is 17.3 Å². The first-order valence-corrected chi connectivity index (χ1v) is 9.89. The van der Waals surface area contributed by atoms with Gasteiger partial charge in [0, 0.05) is 17.5 Å². The highest BCUT2D eigenvalue weighted by Crippen LogP contribution is 2.35. The van der Waals surface area contributed by atoms with E-state index >= 15 is 0 Å². The zero-order chi connectivity index (χ0) is 19.8. The Morgan fingerprint density at radius 3 is 2.44 bits per heavy atom. The number of piperidine rings is 1. The van der Waals surface area contributed by atoms with Gasteiger partial charge in [0.15, 0.2) is 0 Å². The fourth-order valence-electron chi connectivity index (χ4n) is 3.55. The molecule has 3 rings (SSSR count). The van der Waals surface area contributed by atoms with Gasteiger partial charge in [-0.25, -0.2) is 9.97 Å². The summed E-state index contributed by atoms with van der Waals surface area (Å²) in [6, 6.07) is 6.84. The second-order valence-electron chi connectivity index (χ2n) is 7.00. The predicted molar refractivity (Wildman–Crippen MR) is 99.5 cm³/mol. The molecule has 1 saturated heterocycles. The molecule has 1 aliphatic rings. The van der Waals surface area contributed by atoms with Crippen LogP contribution in [-0.4, -0.2) is 38.1 Å². The van der Waals surface area contributed by atoms with Crippen molar-refractivity contribution in [2.45, 2.75) is 68.6 Å². The number of fused-ring (bicyclic) bond motifs is 1. The van der Waals surface area contributed by atoms with Crippen molar-refractivity contribution >= 4 is 28.6 Å². The Kier molecular flexibility index (Phi) is 5.65. The predicted octanol–water partition coefficient (Wildman–Crippen LogP) is 4.92. The summed E-state index contributed by atoms with van der Waals surface area (Å²) >= 11 is 1.07. The maximum atomic E-state index is 13.2. The molecule has 146 valence electrons. The largest absolute Gasteiger partial charge is 0.451 e. The number of nitrogens with zero attached hydrogens (tertiary/aromatic N) is 3. The molecule has 1 amide bonds. The van der Waals surface area contributed by atoms with Crippen molar-refractivity contribution in [2.75, 3.05) is 0 Å². The molecule has 1 aromatic carbocycles. The lowest BCUT2D eigenvalue weighted by Gasteiger charge is -2.40. The van der Waals surface area contributed by atoms with Gasteiger partial charge in [-0.3, -0.25) is 4.79 Å². The number of benzene rings is 1. The molecule has 3 atom stereocenters. The highest BCUT2D eigenvalue weighted by Gasteiger charge is 2.37. The standard InChI is InChI=1S/C19H22F3N3OS/c1-11-7-6-8-12(2)25(11)17(26)13(3)27-16-14-9-4-5-10-15(14)23-18(24-16)19(20,21)22/h4-5,9-13H,6-8H2,1-3H3/t11-,12-,13-/m1/s1. The van der Waals surface area contributed by atoms with Crippen LogP contribution in [0.5, 0.6) is 0 Å². The summed E-state index contributed by atoms with van der Waals surface area (Å²) in [6.07, 6.45) is -1.66. The van der Waals surface area contributed by atoms with Crippen LogP contribution in [0.2, 0.25) is 0 Å². The monoisotopic (exact) mass is 397 g/mol. The number of hydrogen-bond acceptors (Lipinski definition) is 4. The Balaban J connectivity index is 1.92. The van der Waals surface area contributed by atoms with Crippen molar-refractivity contribution in [1.29, 1.82) is 0 Å². The molecule has 2 aromatic rings. The first-order chi connectivity index (χ1) is 12.7. The molecule has 1 fully saturated rings. The van der Waals surface area contributed by atoms with E-state index in [1.54, 1.807) is 25.1 Å². The van der Waals surface area contributed by atoms with Crippen LogP contribution in [0.4, 0.5) is 13.2 Å². The van der Waals surface area contributed by atoms with Gasteiger partial charge in [0.25, 0.3) is 0 Å². The van der Waals surface area contributed by atoms with Crippen LogP contribution in [0.3, 0.4) is 0 Å². The molecule has 4 nitrogen and oxygen atoms in total. The summed E-state index contributed by atoms with van der Waals surface area (Å²) in [5, 5.41) is 0.174. The number of carbonyl (C=O) groups is 1. The van der Waals surface area contributed by atoms with Gasteiger partial charge in [0.2, 0.25) is 11.7 Å². The third-order valence-electron chi connectivity index (χ3n) is 4.91. The highest BCUT2D eigenvalue weighted by molar-refractivity contribution is 8.00. The Bertz CT molecular complexity index is 833. The molecule has 0 aliphatic carbocycles. The SMILES string of the molecule is C[C@@H]1CCC[C@@H](C)N1C(=O)[C@@H](C)Sc1nc(C(F)(F)F)nc2ccccc12. The number of rotatable bonds is 3. The zero-order valence-corrected chi connectivity index (χ0v) is 16.3. The molecule has 0 unspecified atom stereocenters. The van der Waals surface area contributed by atoms with Gasteiger partial charge in [0.1, 0.15) is 5.03 Å². The molecule has 0 saturated carbocycles. The molecule has 0 N–H and O–H groups in total. The van der Waals surface area contributed by atoms with Crippen molar-refractivity contribution < 1.29 is 18.0 Å². The lowest BCUT2D eigenvalue weighted by molar-refractivity contribution is -0.145. The topological polar surface area (TPSA) is 46.1 Å². The van der Waals surface area contributed by atoms with Crippen LogP contribution in [-0.2, 0) is 11.0 Å². The van der Waals surface area contributed by atoms with E-state index in [-0.39, 0.29) is 28.5 Å². The average molecular weight is 397 g/mol. The summed E-state index contributed by atoms with van der Waals surface area (Å²) in [6.45, 7) is 5.77. The number of alkyl halides is 3. The van der Waals surface area contributed by atoms with Crippen molar-refractivity contribution in [1.82, 2.24) is 14.9 Å². The molecule has 27 heavy (non-hydrogen) atoms. The van der Waals surface area contributed by atoms with E-state index in [0.29, 0.717) is 5.39 Å². The number of hydrogen-bond donors (Lipinski definition) is 0. The fraction of sp³-hybridized carbons (Fsp3) is 0.526. The van der Waals surface area contributed by atoms with Crippen LogP contribution in [0, 0.1) is 0 Å². The molecular weight excluding hydrogens is 375 g/mol. The summed E-state index contributed by atoms with van der Waals surface area (Å²) in [5.74, 6) is -1.24. The lowest BCUT2D eigenvalue weighted by atomic mass is 9.97. The van der Waals surface area contributed by atoms with Crippen molar-refractivity contribution in [2.24, 2.45) is 0 Å². The Labute approximate surface area is 160 Å². The average Bonchev–Trinajstić information content (AvgIpc) is 2.60. The fourth-order valence-corrected chi connectivity index (χ4v) is 4.54. The minimum absolute atomic E-state index is 0.0593. The molecule has 2 heterocycles. The number of para-hydroxylation sites is 1. The first-order valence-electron chi connectivity index (χ1n) is 9.01. The number of thioether (sulfide) groups is 1. The third kappa shape index (κ3) is 4.20. The number of halogens is 3. The van der Waals surface area contributed by atoms with Crippen LogP contribution in [0.1, 0.15) is 45.9 Å². The van der Waals surface area contributed by atoms with E-state index in [1.165, 1.54) is 6.07 Å². The van der Waals surface area contributed by atoms with Crippen molar-refractivity contribution in [3.8, 4) is 0 Å². The first kappa shape index (κ1) is 19.9. The lowest BCUT2D eigenvalue weighted by Crippen LogP contribution is -2.50. The Morgan fingerprint density at radius 2 is 1.81 bits per heavy atom. The van der Waals surface area contributed by atoms with Crippen LogP contribution >= 0.6 is 11.8 Å². The van der Waals surface area contributed by atoms with Crippen molar-refractivity contribution in [3.63, 3.8) is 0 Å². The van der Waals surface area contributed by atoms with Crippen LogP contribution in [0.15, 0.2) is 29.3 Å². The summed E-state index contributed by atoms with van der Waals surface area (Å²) in [5.41, 5.74) is 0.224. The van der Waals surface area contributed by atoms with Gasteiger partial charge in [-0.2, -0.15) is 13.2 Å². The van der Waals surface area contributed by atoms with Gasteiger partial charge in [-0.15, -0.1) is 0 Å². The normalized spacial score (nSPS) is 22.1. The maximum Gasteiger partial charge on any atom is 0.451 e. The number of likely N-dealkylation sites (tertiary alicyclic amines) is 1. The summed E-state index contributed by atoms with van der Waals surface area (Å²) in [4.78, 5) is 22.2. The van der Waals surface area contributed by atoms with E-state index in [1.807, 2.05) is 18.7 Å². The molecule has 1 aliphatic heterocycles. The minimum atomic E-state index is -4.64. The van der Waals surface area contributed by atoms with E-state index in [4.69, 9.17) is 0 Å². The number of aromatic nitrogens is 2. The summed E-state index contributed by atoms with van der Waals surface area (Å²) in [7, 11) is 0. The van der Waals surface area contributed by atoms with Gasteiger partial charge in [-0.1, -0.05) is 30.0 Å². The van der Waals surface area contributed by atoms with Crippen LogP contribution < -0.4 is 0 Å². The van der Waals surface area contributed by atoms with Gasteiger partial charge in [0.05, 0.1) is 10.8 Å². The summed E-state index contributed by atoms with van der Waals surface area (Å²) < 4.78 is 39.5. The van der Waals surface area contributed by atoms with Gasteiger partial charge >= 0.3 is 6.18 Å². The molecule has 8 heteroatoms. The maximum absolute atomic E-state index is 13.2. The van der Waals surface area contributed by atoms with E-state index in [9.17, 15) is 18.0 Å². The molecule has 0 bridgehead atoms.